The third-order valence-corrected chi connectivity index (χ3v) is 2.41. The van der Waals surface area contributed by atoms with Crippen molar-refractivity contribution < 1.29 is 19.1 Å². The Morgan fingerprint density at radius 2 is 1.89 bits per heavy atom. The molecule has 0 aromatic rings. The zero-order valence-corrected chi connectivity index (χ0v) is 12.2. The van der Waals surface area contributed by atoms with Gasteiger partial charge in [0, 0.05) is 6.54 Å². The number of alkyl carbamates (subject to hydrolysis) is 1. The number of alkyl halides is 1. The van der Waals surface area contributed by atoms with Crippen molar-refractivity contribution in [3.05, 3.63) is 0 Å². The molecule has 18 heavy (non-hydrogen) atoms. The monoisotopic (exact) mass is 279 g/mol. The van der Waals surface area contributed by atoms with E-state index < -0.39 is 23.0 Å². The number of halogens is 1. The Morgan fingerprint density at radius 1 is 1.28 bits per heavy atom. The second-order valence-electron chi connectivity index (χ2n) is 4.92. The van der Waals surface area contributed by atoms with Crippen LogP contribution >= 0.6 is 11.6 Å². The summed E-state index contributed by atoms with van der Waals surface area (Å²) in [6.45, 7) is 5.92. The fourth-order valence-electron chi connectivity index (χ4n) is 1.20. The highest BCUT2D eigenvalue weighted by Gasteiger charge is 2.16. The van der Waals surface area contributed by atoms with E-state index in [1.165, 1.54) is 7.11 Å². The number of ether oxygens (including phenoxy) is 2. The van der Waals surface area contributed by atoms with Crippen LogP contribution in [-0.2, 0) is 14.3 Å². The third-order valence-electron chi connectivity index (χ3n) is 2.01. The number of hydrogen-bond donors (Lipinski definition) is 1. The molecule has 0 aliphatic heterocycles. The number of amides is 1. The molecule has 0 rings (SSSR count). The van der Waals surface area contributed by atoms with Crippen molar-refractivity contribution in [3.63, 3.8) is 0 Å². The van der Waals surface area contributed by atoms with E-state index in [0.29, 0.717) is 13.0 Å². The van der Waals surface area contributed by atoms with Crippen molar-refractivity contribution in [1.82, 2.24) is 5.32 Å². The van der Waals surface area contributed by atoms with Crippen molar-refractivity contribution in [1.29, 1.82) is 0 Å². The highest BCUT2D eigenvalue weighted by molar-refractivity contribution is 6.29. The average molecular weight is 280 g/mol. The smallest absolute Gasteiger partial charge is 0.407 e. The van der Waals surface area contributed by atoms with Crippen molar-refractivity contribution >= 4 is 23.7 Å². The van der Waals surface area contributed by atoms with E-state index in [9.17, 15) is 9.59 Å². The molecule has 0 spiro atoms. The lowest BCUT2D eigenvalue weighted by atomic mass is 10.2. The number of carbonyl (C=O) groups excluding carboxylic acids is 2. The van der Waals surface area contributed by atoms with Gasteiger partial charge in [0.15, 0.2) is 0 Å². The van der Waals surface area contributed by atoms with Gasteiger partial charge in [-0.1, -0.05) is 0 Å². The first-order valence-electron chi connectivity index (χ1n) is 5.95. The van der Waals surface area contributed by atoms with Crippen LogP contribution in [0, 0.1) is 0 Å². The first kappa shape index (κ1) is 17.0. The molecule has 0 radical (unpaired) electrons. The van der Waals surface area contributed by atoms with Crippen LogP contribution in [0.2, 0.25) is 0 Å². The molecule has 106 valence electrons. The van der Waals surface area contributed by atoms with Gasteiger partial charge in [0.05, 0.1) is 7.11 Å². The van der Waals surface area contributed by atoms with Gasteiger partial charge >= 0.3 is 12.1 Å². The maximum Gasteiger partial charge on any atom is 0.407 e. The second kappa shape index (κ2) is 8.19. The molecule has 0 fully saturated rings. The van der Waals surface area contributed by atoms with E-state index >= 15 is 0 Å². The molecule has 0 saturated carbocycles. The van der Waals surface area contributed by atoms with Crippen LogP contribution in [0.25, 0.3) is 0 Å². The summed E-state index contributed by atoms with van der Waals surface area (Å²) in [6.07, 6.45) is 1.57. The van der Waals surface area contributed by atoms with E-state index in [4.69, 9.17) is 16.3 Å². The van der Waals surface area contributed by atoms with E-state index in [-0.39, 0.29) is 0 Å². The van der Waals surface area contributed by atoms with Crippen LogP contribution < -0.4 is 5.32 Å². The Bertz CT molecular complexity index is 276. The molecule has 0 bridgehead atoms. The highest BCUT2D eigenvalue weighted by atomic mass is 35.5. The largest absolute Gasteiger partial charge is 0.468 e. The second-order valence-corrected chi connectivity index (χ2v) is 5.44. The predicted molar refractivity (Wildman–Crippen MR) is 69.7 cm³/mol. The van der Waals surface area contributed by atoms with Gasteiger partial charge in [-0.05, 0) is 40.0 Å². The lowest BCUT2D eigenvalue weighted by molar-refractivity contribution is -0.140. The van der Waals surface area contributed by atoms with Crippen LogP contribution in [0.1, 0.15) is 40.0 Å². The minimum absolute atomic E-state index is 0.420. The van der Waals surface area contributed by atoms with Crippen LogP contribution in [0.5, 0.6) is 0 Å². The van der Waals surface area contributed by atoms with Crippen molar-refractivity contribution in [3.8, 4) is 0 Å². The van der Waals surface area contributed by atoms with Crippen molar-refractivity contribution in [2.45, 2.75) is 51.0 Å². The minimum Gasteiger partial charge on any atom is -0.468 e. The molecule has 6 heteroatoms. The summed E-state index contributed by atoms with van der Waals surface area (Å²) in [6, 6.07) is 0. The number of nitrogens with one attached hydrogen (secondary N) is 1. The van der Waals surface area contributed by atoms with Gasteiger partial charge in [-0.3, -0.25) is 4.79 Å². The van der Waals surface area contributed by atoms with Gasteiger partial charge in [0.25, 0.3) is 0 Å². The summed E-state index contributed by atoms with van der Waals surface area (Å²) < 4.78 is 9.57. The molecule has 1 N–H and O–H groups in total. The Labute approximate surface area is 113 Å². The van der Waals surface area contributed by atoms with Crippen LogP contribution in [-0.4, -0.2) is 36.7 Å². The van der Waals surface area contributed by atoms with Crippen LogP contribution in [0.15, 0.2) is 0 Å². The number of unbranched alkanes of at least 4 members (excludes halogenated alkanes) is 1. The lowest BCUT2D eigenvalue weighted by Gasteiger charge is -2.19. The number of hydrogen-bond acceptors (Lipinski definition) is 4. The summed E-state index contributed by atoms with van der Waals surface area (Å²) in [5.74, 6) is -0.420. The summed E-state index contributed by atoms with van der Waals surface area (Å²) in [4.78, 5) is 22.3. The summed E-state index contributed by atoms with van der Waals surface area (Å²) in [5, 5.41) is 2.02. The molecule has 0 heterocycles. The fraction of sp³-hybridized carbons (Fsp3) is 0.833. The fourth-order valence-corrected chi connectivity index (χ4v) is 1.44. The maximum absolute atomic E-state index is 11.3. The molecule has 1 amide bonds. The normalized spacial score (nSPS) is 12.7. The Balaban J connectivity index is 3.57. The molecule has 0 saturated heterocycles. The number of methoxy groups -OCH3 is 1. The maximum atomic E-state index is 11.3. The Kier molecular flexibility index (Phi) is 7.75. The summed E-state index contributed by atoms with van der Waals surface area (Å²) in [5.41, 5.74) is -0.490. The molecule has 0 aliphatic rings. The van der Waals surface area contributed by atoms with E-state index in [2.05, 4.69) is 10.1 Å². The molecule has 0 unspecified atom stereocenters. The van der Waals surface area contributed by atoms with Gasteiger partial charge < -0.3 is 14.8 Å². The third kappa shape index (κ3) is 9.10. The predicted octanol–water partition coefficient (Wildman–Crippen LogP) is 2.46. The van der Waals surface area contributed by atoms with Crippen LogP contribution in [0.3, 0.4) is 0 Å². The molecule has 0 aromatic carbocycles. The minimum atomic E-state index is -0.614. The average Bonchev–Trinajstić information content (AvgIpc) is 2.24. The number of rotatable bonds is 6. The molecule has 0 aliphatic carbocycles. The van der Waals surface area contributed by atoms with E-state index in [1.54, 1.807) is 20.8 Å². The molecular formula is C12H22ClNO4. The van der Waals surface area contributed by atoms with E-state index in [0.717, 1.165) is 12.8 Å². The molecule has 0 aromatic heterocycles. The van der Waals surface area contributed by atoms with Crippen LogP contribution in [0.4, 0.5) is 4.79 Å². The molecular weight excluding hydrogens is 258 g/mol. The van der Waals surface area contributed by atoms with Crippen molar-refractivity contribution in [2.75, 3.05) is 13.7 Å². The van der Waals surface area contributed by atoms with Gasteiger partial charge in [-0.2, -0.15) is 0 Å². The van der Waals surface area contributed by atoms with Gasteiger partial charge in [-0.15, -0.1) is 11.6 Å². The Hall–Kier alpha value is -0.970. The zero-order valence-electron chi connectivity index (χ0n) is 11.4. The Morgan fingerprint density at radius 3 is 2.39 bits per heavy atom. The van der Waals surface area contributed by atoms with Gasteiger partial charge in [0.2, 0.25) is 0 Å². The van der Waals surface area contributed by atoms with Gasteiger partial charge in [-0.25, -0.2) is 4.79 Å². The first-order chi connectivity index (χ1) is 8.26. The summed E-state index contributed by atoms with van der Waals surface area (Å²) >= 11 is 5.77. The lowest BCUT2D eigenvalue weighted by Crippen LogP contribution is -2.33. The quantitative estimate of drug-likeness (QED) is 0.461. The van der Waals surface area contributed by atoms with Gasteiger partial charge in [0.1, 0.15) is 11.0 Å². The van der Waals surface area contributed by atoms with E-state index in [1.807, 2.05) is 0 Å². The highest BCUT2D eigenvalue weighted by Crippen LogP contribution is 2.09. The number of esters is 1. The van der Waals surface area contributed by atoms with Crippen molar-refractivity contribution in [2.24, 2.45) is 0 Å². The molecule has 1 atom stereocenters. The topological polar surface area (TPSA) is 64.6 Å². The standard InChI is InChI=1S/C12H22ClNO4/c1-12(2,3)18-11(16)14-8-6-5-7-9(13)10(15)17-4/h9H,5-8H2,1-4H3,(H,14,16)/t9-/m0/s1. The number of carbonyl (C=O) groups is 2. The molecule has 5 nitrogen and oxygen atoms in total. The first-order valence-corrected chi connectivity index (χ1v) is 6.38. The zero-order chi connectivity index (χ0) is 14.2. The summed E-state index contributed by atoms with van der Waals surface area (Å²) in [7, 11) is 1.31. The SMILES string of the molecule is COC(=O)[C@@H](Cl)CCCCNC(=O)OC(C)(C)C.